The van der Waals surface area contributed by atoms with Crippen molar-refractivity contribution in [2.24, 2.45) is 0 Å². The van der Waals surface area contributed by atoms with Crippen molar-refractivity contribution in [2.45, 2.75) is 20.3 Å². The van der Waals surface area contributed by atoms with E-state index in [1.807, 2.05) is 26.0 Å². The molecule has 0 aromatic heterocycles. The Balaban J connectivity index is 1.89. The maximum atomic E-state index is 13.8. The number of benzene rings is 3. The first-order valence-corrected chi connectivity index (χ1v) is 11.0. The number of fused-ring (bicyclic) bond motifs is 1. The summed E-state index contributed by atoms with van der Waals surface area (Å²) < 4.78 is 21.4. The fourth-order valence-corrected chi connectivity index (χ4v) is 4.13. The molecule has 0 saturated heterocycles. The SMILES string of the molecule is COc1ccc(C(=O)/C(Cc2cc(C)c(OC)cc2C)=C(\C(=O)O)c2ccc3c(c2)OCO3)cc1. The molecule has 180 valence electrons. The zero-order chi connectivity index (χ0) is 25.1. The number of methoxy groups -OCH3 is 2. The molecule has 0 amide bonds. The third-order valence-corrected chi connectivity index (χ3v) is 6.02. The van der Waals surface area contributed by atoms with Crippen molar-refractivity contribution >= 4 is 17.3 Å². The summed E-state index contributed by atoms with van der Waals surface area (Å²) in [4.78, 5) is 26.4. The summed E-state index contributed by atoms with van der Waals surface area (Å²) in [7, 11) is 3.14. The Bertz CT molecular complexity index is 1320. The third kappa shape index (κ3) is 4.84. The Morgan fingerprint density at radius 3 is 2.20 bits per heavy atom. The minimum atomic E-state index is -1.20. The monoisotopic (exact) mass is 474 g/mol. The third-order valence-electron chi connectivity index (χ3n) is 6.02. The van der Waals surface area contributed by atoms with E-state index in [0.29, 0.717) is 28.4 Å². The predicted molar refractivity (Wildman–Crippen MR) is 131 cm³/mol. The van der Waals surface area contributed by atoms with Gasteiger partial charge in [-0.25, -0.2) is 4.79 Å². The van der Waals surface area contributed by atoms with Gasteiger partial charge in [0, 0.05) is 17.6 Å². The normalized spacial score (nSPS) is 12.7. The second-order valence-electron chi connectivity index (χ2n) is 8.21. The van der Waals surface area contributed by atoms with E-state index >= 15 is 0 Å². The van der Waals surface area contributed by atoms with Gasteiger partial charge in [0.2, 0.25) is 6.79 Å². The zero-order valence-electron chi connectivity index (χ0n) is 20.0. The van der Waals surface area contributed by atoms with Crippen molar-refractivity contribution in [3.05, 3.63) is 88.0 Å². The van der Waals surface area contributed by atoms with E-state index in [1.54, 1.807) is 56.7 Å². The number of carboxylic acids is 1. The van der Waals surface area contributed by atoms with Gasteiger partial charge in [-0.1, -0.05) is 12.1 Å². The number of hydrogen-bond donors (Lipinski definition) is 1. The van der Waals surface area contributed by atoms with Crippen LogP contribution in [0.3, 0.4) is 0 Å². The molecule has 1 aliphatic rings. The summed E-state index contributed by atoms with van der Waals surface area (Å²) >= 11 is 0. The largest absolute Gasteiger partial charge is 0.497 e. The molecule has 35 heavy (non-hydrogen) atoms. The van der Waals surface area contributed by atoms with Gasteiger partial charge in [-0.2, -0.15) is 0 Å². The van der Waals surface area contributed by atoms with Crippen LogP contribution in [0.15, 0.2) is 60.2 Å². The lowest BCUT2D eigenvalue weighted by Gasteiger charge is -2.16. The topological polar surface area (TPSA) is 91.3 Å². The average molecular weight is 475 g/mol. The molecule has 0 spiro atoms. The molecule has 1 N–H and O–H groups in total. The first-order chi connectivity index (χ1) is 16.8. The molecule has 0 atom stereocenters. The molecular formula is C28H26O7. The second-order valence-corrected chi connectivity index (χ2v) is 8.21. The summed E-state index contributed by atoms with van der Waals surface area (Å²) in [6.07, 6.45) is 0.123. The number of ketones is 1. The van der Waals surface area contributed by atoms with Gasteiger partial charge in [0.1, 0.15) is 11.5 Å². The molecule has 7 heteroatoms. The highest BCUT2D eigenvalue weighted by atomic mass is 16.7. The number of rotatable bonds is 8. The second kappa shape index (κ2) is 9.93. The number of ether oxygens (including phenoxy) is 4. The number of aliphatic carboxylic acids is 1. The maximum Gasteiger partial charge on any atom is 0.336 e. The van der Waals surface area contributed by atoms with Crippen LogP contribution >= 0.6 is 0 Å². The van der Waals surface area contributed by atoms with E-state index in [-0.39, 0.29) is 30.1 Å². The zero-order valence-corrected chi connectivity index (χ0v) is 20.0. The van der Waals surface area contributed by atoms with Gasteiger partial charge < -0.3 is 24.1 Å². The molecule has 4 rings (SSSR count). The Labute approximate surface area is 203 Å². The van der Waals surface area contributed by atoms with Crippen molar-refractivity contribution in [2.75, 3.05) is 21.0 Å². The van der Waals surface area contributed by atoms with Gasteiger partial charge in [-0.3, -0.25) is 4.79 Å². The van der Waals surface area contributed by atoms with Crippen LogP contribution in [-0.4, -0.2) is 37.9 Å². The molecule has 0 aliphatic carbocycles. The lowest BCUT2D eigenvalue weighted by molar-refractivity contribution is -0.130. The Kier molecular flexibility index (Phi) is 6.78. The van der Waals surface area contributed by atoms with Crippen molar-refractivity contribution in [3.63, 3.8) is 0 Å². The minimum Gasteiger partial charge on any atom is -0.497 e. The summed E-state index contributed by atoms with van der Waals surface area (Å²) in [5, 5.41) is 10.3. The van der Waals surface area contributed by atoms with Gasteiger partial charge in [-0.05, 0) is 78.6 Å². The van der Waals surface area contributed by atoms with E-state index < -0.39 is 5.97 Å². The van der Waals surface area contributed by atoms with Crippen molar-refractivity contribution in [1.82, 2.24) is 0 Å². The smallest absolute Gasteiger partial charge is 0.336 e. The van der Waals surface area contributed by atoms with Crippen molar-refractivity contribution in [1.29, 1.82) is 0 Å². The molecular weight excluding hydrogens is 448 g/mol. The average Bonchev–Trinajstić information content (AvgIpc) is 3.33. The fourth-order valence-electron chi connectivity index (χ4n) is 4.13. The molecule has 1 aliphatic heterocycles. The van der Waals surface area contributed by atoms with Crippen LogP contribution in [0.1, 0.15) is 32.6 Å². The lowest BCUT2D eigenvalue weighted by Crippen LogP contribution is -2.14. The van der Waals surface area contributed by atoms with Crippen LogP contribution in [-0.2, 0) is 11.2 Å². The maximum absolute atomic E-state index is 13.8. The van der Waals surface area contributed by atoms with Gasteiger partial charge in [-0.15, -0.1) is 0 Å². The van der Waals surface area contributed by atoms with Crippen molar-refractivity contribution < 1.29 is 33.6 Å². The van der Waals surface area contributed by atoms with Crippen LogP contribution in [0.5, 0.6) is 23.0 Å². The highest BCUT2D eigenvalue weighted by molar-refractivity contribution is 6.26. The molecule has 3 aromatic carbocycles. The van der Waals surface area contributed by atoms with E-state index in [0.717, 1.165) is 22.4 Å². The highest BCUT2D eigenvalue weighted by Crippen LogP contribution is 2.36. The Morgan fingerprint density at radius 2 is 1.54 bits per heavy atom. The molecule has 0 fully saturated rings. The van der Waals surface area contributed by atoms with Gasteiger partial charge >= 0.3 is 5.97 Å². The molecule has 0 saturated carbocycles. The number of carbonyl (C=O) groups excluding carboxylic acids is 1. The highest BCUT2D eigenvalue weighted by Gasteiger charge is 2.26. The standard InChI is InChI=1S/C28H26O7/c1-16-12-24(33-4)17(2)11-20(16)13-22(27(29)18-5-8-21(32-3)9-6-18)26(28(30)31)19-7-10-23-25(14-19)35-15-34-23/h5-12,14H,13,15H2,1-4H3,(H,30,31)/b26-22-. The molecule has 0 bridgehead atoms. The Hall–Kier alpha value is -4.26. The first-order valence-electron chi connectivity index (χ1n) is 11.0. The molecule has 0 unspecified atom stereocenters. The Morgan fingerprint density at radius 1 is 0.857 bits per heavy atom. The summed E-state index contributed by atoms with van der Waals surface area (Å²) in [5.74, 6) is 0.715. The van der Waals surface area contributed by atoms with E-state index in [1.165, 1.54) is 0 Å². The molecule has 0 radical (unpaired) electrons. The molecule has 3 aromatic rings. The van der Waals surface area contributed by atoms with E-state index in [4.69, 9.17) is 18.9 Å². The van der Waals surface area contributed by atoms with E-state index in [9.17, 15) is 14.7 Å². The molecule has 7 nitrogen and oxygen atoms in total. The predicted octanol–water partition coefficient (Wildman–Crippen LogP) is 5.01. The van der Waals surface area contributed by atoms with Gasteiger partial charge in [0.05, 0.1) is 19.8 Å². The summed E-state index contributed by atoms with van der Waals surface area (Å²) in [5.41, 5.74) is 3.42. The lowest BCUT2D eigenvalue weighted by atomic mass is 9.87. The van der Waals surface area contributed by atoms with Crippen LogP contribution in [0.2, 0.25) is 0 Å². The van der Waals surface area contributed by atoms with Gasteiger partial charge in [0.25, 0.3) is 0 Å². The van der Waals surface area contributed by atoms with Crippen LogP contribution < -0.4 is 18.9 Å². The first kappa shape index (κ1) is 23.9. The van der Waals surface area contributed by atoms with E-state index in [2.05, 4.69) is 0 Å². The van der Waals surface area contributed by atoms with Crippen molar-refractivity contribution in [3.8, 4) is 23.0 Å². The number of allylic oxidation sites excluding steroid dienone is 1. The number of Topliss-reactive ketones (excluding diaryl/α,β-unsaturated/α-hetero) is 1. The summed E-state index contributed by atoms with van der Waals surface area (Å²) in [6.45, 7) is 3.88. The number of carbonyl (C=O) groups is 2. The fraction of sp³-hybridized carbons (Fsp3) is 0.214. The van der Waals surface area contributed by atoms with Gasteiger partial charge in [0.15, 0.2) is 17.3 Å². The number of hydrogen-bond acceptors (Lipinski definition) is 6. The molecule has 1 heterocycles. The minimum absolute atomic E-state index is 0.0624. The summed E-state index contributed by atoms with van der Waals surface area (Å²) in [6, 6.07) is 15.3. The number of carboxylic acid groups (broad SMARTS) is 1. The quantitative estimate of drug-likeness (QED) is 0.362. The number of aryl methyl sites for hydroxylation is 2. The van der Waals surface area contributed by atoms with Crippen LogP contribution in [0.25, 0.3) is 5.57 Å². The van der Waals surface area contributed by atoms with Crippen LogP contribution in [0.4, 0.5) is 0 Å². The van der Waals surface area contributed by atoms with Crippen LogP contribution in [0, 0.1) is 13.8 Å².